The van der Waals surface area contributed by atoms with Crippen LogP contribution in [0.4, 0.5) is 20.6 Å². The molecule has 3 rings (SSSR count). The molecule has 0 radical (unpaired) electrons. The van der Waals surface area contributed by atoms with Crippen molar-refractivity contribution >= 4 is 17.4 Å². The number of nitrogens with one attached hydrogen (secondary N) is 2. The molecular formula is C22H28FN3O. The summed E-state index contributed by atoms with van der Waals surface area (Å²) in [5.41, 5.74) is 2.67. The number of carbonyl (C=O) groups excluding carboxylic acids is 1. The minimum absolute atomic E-state index is 0.240. The fraction of sp³-hybridized carbons (Fsp3) is 0.409. The van der Waals surface area contributed by atoms with Crippen LogP contribution in [0.25, 0.3) is 0 Å². The fourth-order valence-corrected chi connectivity index (χ4v) is 3.39. The van der Waals surface area contributed by atoms with E-state index in [0.29, 0.717) is 6.54 Å². The lowest BCUT2D eigenvalue weighted by Gasteiger charge is -2.29. The molecular weight excluding hydrogens is 341 g/mol. The standard InChI is InChI=1S/C22H28FN3O/c1-22(2,17-6-8-18(23)9-7-17)16-24-21(27)25-19-10-12-20(13-11-19)26-14-4-3-5-15-26/h6-13H,3-5,14-16H2,1-2H3,(H2,24,25,27). The molecule has 2 N–H and O–H groups in total. The van der Waals surface area contributed by atoms with Gasteiger partial charge in [0.15, 0.2) is 0 Å². The number of halogens is 1. The molecule has 0 saturated carbocycles. The Kier molecular flexibility index (Phi) is 5.99. The Morgan fingerprint density at radius 3 is 2.26 bits per heavy atom. The van der Waals surface area contributed by atoms with E-state index in [1.54, 1.807) is 12.1 Å². The van der Waals surface area contributed by atoms with Gasteiger partial charge in [-0.2, -0.15) is 0 Å². The van der Waals surface area contributed by atoms with Gasteiger partial charge in [-0.1, -0.05) is 26.0 Å². The van der Waals surface area contributed by atoms with Crippen molar-refractivity contribution in [1.82, 2.24) is 5.32 Å². The molecule has 0 bridgehead atoms. The summed E-state index contributed by atoms with van der Waals surface area (Å²) < 4.78 is 13.1. The Balaban J connectivity index is 1.52. The van der Waals surface area contributed by atoms with E-state index in [9.17, 15) is 9.18 Å². The number of nitrogens with zero attached hydrogens (tertiary/aromatic N) is 1. The Morgan fingerprint density at radius 1 is 1.00 bits per heavy atom. The minimum Gasteiger partial charge on any atom is -0.372 e. The van der Waals surface area contributed by atoms with Crippen LogP contribution in [0.2, 0.25) is 0 Å². The van der Waals surface area contributed by atoms with Gasteiger partial charge in [0.1, 0.15) is 5.82 Å². The molecule has 1 fully saturated rings. The molecule has 2 aromatic carbocycles. The zero-order valence-electron chi connectivity index (χ0n) is 16.1. The van der Waals surface area contributed by atoms with Gasteiger partial charge in [-0.25, -0.2) is 9.18 Å². The van der Waals surface area contributed by atoms with Crippen LogP contribution in [0.3, 0.4) is 0 Å². The molecule has 27 heavy (non-hydrogen) atoms. The van der Waals surface area contributed by atoms with Crippen LogP contribution in [0.1, 0.15) is 38.7 Å². The molecule has 0 aliphatic carbocycles. The van der Waals surface area contributed by atoms with Crippen LogP contribution in [0, 0.1) is 5.82 Å². The van der Waals surface area contributed by atoms with Crippen molar-refractivity contribution < 1.29 is 9.18 Å². The van der Waals surface area contributed by atoms with Gasteiger partial charge in [0.05, 0.1) is 0 Å². The largest absolute Gasteiger partial charge is 0.372 e. The topological polar surface area (TPSA) is 44.4 Å². The van der Waals surface area contributed by atoms with E-state index in [2.05, 4.69) is 27.7 Å². The van der Waals surface area contributed by atoms with Crippen molar-refractivity contribution in [3.8, 4) is 0 Å². The number of hydrogen-bond acceptors (Lipinski definition) is 2. The normalized spacial score (nSPS) is 14.7. The van der Waals surface area contributed by atoms with Crippen LogP contribution in [0.5, 0.6) is 0 Å². The van der Waals surface area contributed by atoms with E-state index in [1.165, 1.54) is 37.1 Å². The summed E-state index contributed by atoms with van der Waals surface area (Å²) in [6.07, 6.45) is 3.79. The number of piperidine rings is 1. The molecule has 1 heterocycles. The number of hydrogen-bond donors (Lipinski definition) is 2. The van der Waals surface area contributed by atoms with E-state index in [4.69, 9.17) is 0 Å². The van der Waals surface area contributed by atoms with Crippen molar-refractivity contribution in [3.05, 3.63) is 59.9 Å². The highest BCUT2D eigenvalue weighted by Gasteiger charge is 2.21. The highest BCUT2D eigenvalue weighted by molar-refractivity contribution is 5.89. The second-order valence-corrected chi connectivity index (χ2v) is 7.79. The Labute approximate surface area is 160 Å². The summed E-state index contributed by atoms with van der Waals surface area (Å²) in [5, 5.41) is 5.78. The van der Waals surface area contributed by atoms with Crippen LogP contribution in [-0.2, 0) is 5.41 Å². The zero-order chi connectivity index (χ0) is 19.3. The van der Waals surface area contributed by atoms with Gasteiger partial charge in [0.25, 0.3) is 0 Å². The number of anilines is 2. The third-order valence-electron chi connectivity index (χ3n) is 5.16. The highest BCUT2D eigenvalue weighted by atomic mass is 19.1. The first-order chi connectivity index (χ1) is 12.9. The number of urea groups is 1. The molecule has 1 saturated heterocycles. The molecule has 5 heteroatoms. The maximum Gasteiger partial charge on any atom is 0.319 e. The van der Waals surface area contributed by atoms with E-state index in [1.807, 2.05) is 26.0 Å². The minimum atomic E-state index is -0.289. The first kappa shape index (κ1) is 19.2. The lowest BCUT2D eigenvalue weighted by molar-refractivity contribution is 0.249. The number of carbonyl (C=O) groups is 1. The monoisotopic (exact) mass is 369 g/mol. The number of benzene rings is 2. The summed E-state index contributed by atoms with van der Waals surface area (Å²) in [6, 6.07) is 14.2. The second-order valence-electron chi connectivity index (χ2n) is 7.79. The maximum absolute atomic E-state index is 13.1. The van der Waals surface area contributed by atoms with Gasteiger partial charge >= 0.3 is 6.03 Å². The quantitative estimate of drug-likeness (QED) is 0.786. The molecule has 0 atom stereocenters. The van der Waals surface area contributed by atoms with Crippen LogP contribution >= 0.6 is 0 Å². The van der Waals surface area contributed by atoms with Crippen LogP contribution in [0.15, 0.2) is 48.5 Å². The summed E-state index contributed by atoms with van der Waals surface area (Å²) in [6.45, 7) is 6.70. The first-order valence-corrected chi connectivity index (χ1v) is 9.60. The summed E-state index contributed by atoms with van der Waals surface area (Å²) >= 11 is 0. The first-order valence-electron chi connectivity index (χ1n) is 9.60. The molecule has 4 nitrogen and oxygen atoms in total. The molecule has 2 aromatic rings. The number of amides is 2. The van der Waals surface area contributed by atoms with Gasteiger partial charge in [0.2, 0.25) is 0 Å². The lowest BCUT2D eigenvalue weighted by atomic mass is 9.84. The van der Waals surface area contributed by atoms with Crippen molar-refractivity contribution in [2.45, 2.75) is 38.5 Å². The third kappa shape index (κ3) is 5.22. The van der Waals surface area contributed by atoms with Crippen molar-refractivity contribution in [3.63, 3.8) is 0 Å². The van der Waals surface area contributed by atoms with E-state index < -0.39 is 0 Å². The molecule has 1 aliphatic heterocycles. The Hall–Kier alpha value is -2.56. The van der Waals surface area contributed by atoms with Gasteiger partial charge < -0.3 is 15.5 Å². The third-order valence-corrected chi connectivity index (χ3v) is 5.16. The van der Waals surface area contributed by atoms with Gasteiger partial charge in [-0.05, 0) is 61.2 Å². The van der Waals surface area contributed by atoms with Crippen molar-refractivity contribution in [2.75, 3.05) is 29.9 Å². The maximum atomic E-state index is 13.1. The molecule has 0 unspecified atom stereocenters. The average molecular weight is 369 g/mol. The average Bonchev–Trinajstić information content (AvgIpc) is 2.68. The molecule has 0 spiro atoms. The fourth-order valence-electron chi connectivity index (χ4n) is 3.39. The summed E-state index contributed by atoms with van der Waals surface area (Å²) in [5.74, 6) is -0.256. The van der Waals surface area contributed by atoms with Gasteiger partial charge in [-0.3, -0.25) is 0 Å². The van der Waals surface area contributed by atoms with E-state index >= 15 is 0 Å². The number of rotatable bonds is 5. The molecule has 144 valence electrons. The van der Waals surface area contributed by atoms with Crippen molar-refractivity contribution in [2.24, 2.45) is 0 Å². The van der Waals surface area contributed by atoms with E-state index in [0.717, 1.165) is 24.3 Å². The van der Waals surface area contributed by atoms with Gasteiger partial charge in [-0.15, -0.1) is 0 Å². The van der Waals surface area contributed by atoms with Crippen LogP contribution < -0.4 is 15.5 Å². The second kappa shape index (κ2) is 8.42. The Morgan fingerprint density at radius 2 is 1.63 bits per heavy atom. The lowest BCUT2D eigenvalue weighted by Crippen LogP contribution is -2.39. The molecule has 1 aliphatic rings. The van der Waals surface area contributed by atoms with Gasteiger partial charge in [0, 0.05) is 36.4 Å². The molecule has 2 amide bonds. The predicted octanol–water partition coefficient (Wildman–Crippen LogP) is 4.92. The van der Waals surface area contributed by atoms with E-state index in [-0.39, 0.29) is 17.3 Å². The molecule has 0 aromatic heterocycles. The SMILES string of the molecule is CC(C)(CNC(=O)Nc1ccc(N2CCCCC2)cc1)c1ccc(F)cc1. The summed E-state index contributed by atoms with van der Waals surface area (Å²) in [4.78, 5) is 14.6. The smallest absolute Gasteiger partial charge is 0.319 e. The van der Waals surface area contributed by atoms with Crippen molar-refractivity contribution in [1.29, 1.82) is 0 Å². The highest BCUT2D eigenvalue weighted by Crippen LogP contribution is 2.23. The predicted molar refractivity (Wildman–Crippen MR) is 109 cm³/mol. The Bertz CT molecular complexity index is 750. The zero-order valence-corrected chi connectivity index (χ0v) is 16.1. The van der Waals surface area contributed by atoms with Crippen LogP contribution in [-0.4, -0.2) is 25.7 Å². The summed E-state index contributed by atoms with van der Waals surface area (Å²) in [7, 11) is 0.